The maximum Gasteiger partial charge on any atom is 0.163 e. The Kier molecular flexibility index (Phi) is 4.78. The number of ketones is 1. The Morgan fingerprint density at radius 2 is 1.90 bits per heavy atom. The van der Waals surface area contributed by atoms with Crippen molar-refractivity contribution >= 4 is 16.6 Å². The molecule has 2 rings (SSSR count). The fourth-order valence-corrected chi connectivity index (χ4v) is 2.34. The minimum absolute atomic E-state index is 0.0506. The molecule has 2 aromatic rings. The molecule has 0 saturated heterocycles. The minimum atomic E-state index is 0.0506. The second kappa shape index (κ2) is 6.56. The summed E-state index contributed by atoms with van der Waals surface area (Å²) in [7, 11) is 0. The number of benzene rings is 2. The topological polar surface area (TPSA) is 26.3 Å². The standard InChI is InChI=1S/C18H22O2/c1-13(2)7-6-12-20-18-16(14(3)19)11-10-15-8-4-5-9-17(15)18/h4-5,8-11,13H,6-7,12H2,1-3H3. The molecule has 2 nitrogen and oxygen atoms in total. The van der Waals surface area contributed by atoms with E-state index in [4.69, 9.17) is 4.74 Å². The van der Waals surface area contributed by atoms with Gasteiger partial charge >= 0.3 is 0 Å². The van der Waals surface area contributed by atoms with Crippen molar-refractivity contribution in [3.63, 3.8) is 0 Å². The van der Waals surface area contributed by atoms with Gasteiger partial charge in [0, 0.05) is 5.39 Å². The number of Topliss-reactive ketones (excluding diaryl/α,β-unsaturated/α-hetero) is 1. The van der Waals surface area contributed by atoms with Crippen LogP contribution in [0.5, 0.6) is 5.75 Å². The lowest BCUT2D eigenvalue weighted by molar-refractivity contribution is 0.101. The number of fused-ring (bicyclic) bond motifs is 1. The third-order valence-corrected chi connectivity index (χ3v) is 3.43. The predicted molar refractivity (Wildman–Crippen MR) is 83.5 cm³/mol. The van der Waals surface area contributed by atoms with Gasteiger partial charge in [0.25, 0.3) is 0 Å². The molecule has 0 aromatic heterocycles. The van der Waals surface area contributed by atoms with Gasteiger partial charge in [0.1, 0.15) is 5.75 Å². The van der Waals surface area contributed by atoms with Crippen molar-refractivity contribution in [2.24, 2.45) is 5.92 Å². The van der Waals surface area contributed by atoms with Crippen LogP contribution in [0.25, 0.3) is 10.8 Å². The van der Waals surface area contributed by atoms with E-state index in [1.165, 1.54) is 0 Å². The van der Waals surface area contributed by atoms with Gasteiger partial charge in [0.05, 0.1) is 12.2 Å². The number of carbonyl (C=O) groups excluding carboxylic acids is 1. The summed E-state index contributed by atoms with van der Waals surface area (Å²) in [5.74, 6) is 1.47. The maximum atomic E-state index is 11.8. The van der Waals surface area contributed by atoms with Crippen LogP contribution in [-0.2, 0) is 0 Å². The first-order valence-corrected chi connectivity index (χ1v) is 7.25. The molecule has 0 N–H and O–H groups in total. The minimum Gasteiger partial charge on any atom is -0.492 e. The fraction of sp³-hybridized carbons (Fsp3) is 0.389. The number of carbonyl (C=O) groups is 1. The molecule has 0 spiro atoms. The van der Waals surface area contributed by atoms with E-state index in [0.29, 0.717) is 18.1 Å². The normalized spacial score (nSPS) is 11.0. The van der Waals surface area contributed by atoms with Crippen LogP contribution < -0.4 is 4.74 Å². The molecule has 0 radical (unpaired) electrons. The van der Waals surface area contributed by atoms with E-state index in [-0.39, 0.29) is 5.78 Å². The zero-order chi connectivity index (χ0) is 14.5. The van der Waals surface area contributed by atoms with E-state index in [9.17, 15) is 4.79 Å². The highest BCUT2D eigenvalue weighted by atomic mass is 16.5. The van der Waals surface area contributed by atoms with Gasteiger partial charge in [-0.3, -0.25) is 4.79 Å². The fourth-order valence-electron chi connectivity index (χ4n) is 2.34. The van der Waals surface area contributed by atoms with Crippen molar-refractivity contribution in [2.75, 3.05) is 6.61 Å². The largest absolute Gasteiger partial charge is 0.492 e. The van der Waals surface area contributed by atoms with Crippen LogP contribution in [0.1, 0.15) is 44.0 Å². The Morgan fingerprint density at radius 1 is 1.15 bits per heavy atom. The molecule has 0 heterocycles. The molecule has 0 fully saturated rings. The van der Waals surface area contributed by atoms with Crippen molar-refractivity contribution in [3.8, 4) is 5.75 Å². The lowest BCUT2D eigenvalue weighted by Crippen LogP contribution is -2.04. The number of hydrogen-bond acceptors (Lipinski definition) is 2. The summed E-state index contributed by atoms with van der Waals surface area (Å²) in [6.45, 7) is 6.66. The second-order valence-electron chi connectivity index (χ2n) is 5.60. The average molecular weight is 270 g/mol. The van der Waals surface area contributed by atoms with E-state index in [1.54, 1.807) is 6.92 Å². The van der Waals surface area contributed by atoms with E-state index in [2.05, 4.69) is 13.8 Å². The van der Waals surface area contributed by atoms with Crippen LogP contribution >= 0.6 is 0 Å². The second-order valence-corrected chi connectivity index (χ2v) is 5.60. The highest BCUT2D eigenvalue weighted by Gasteiger charge is 2.12. The van der Waals surface area contributed by atoms with Gasteiger partial charge in [-0.2, -0.15) is 0 Å². The third kappa shape index (κ3) is 3.38. The molecular weight excluding hydrogens is 248 g/mol. The third-order valence-electron chi connectivity index (χ3n) is 3.43. The average Bonchev–Trinajstić information content (AvgIpc) is 2.42. The number of rotatable bonds is 6. The van der Waals surface area contributed by atoms with E-state index < -0.39 is 0 Å². The van der Waals surface area contributed by atoms with Gasteiger partial charge in [0.2, 0.25) is 0 Å². The van der Waals surface area contributed by atoms with Crippen LogP contribution in [0.2, 0.25) is 0 Å². The van der Waals surface area contributed by atoms with Gasteiger partial charge in [-0.15, -0.1) is 0 Å². The maximum absolute atomic E-state index is 11.8. The van der Waals surface area contributed by atoms with Crippen molar-refractivity contribution < 1.29 is 9.53 Å². The lowest BCUT2D eigenvalue weighted by atomic mass is 10.0. The van der Waals surface area contributed by atoms with Gasteiger partial charge < -0.3 is 4.74 Å². The van der Waals surface area contributed by atoms with Crippen molar-refractivity contribution in [3.05, 3.63) is 42.0 Å². The Hall–Kier alpha value is -1.83. The molecule has 0 aliphatic rings. The Bertz CT molecular complexity index is 599. The summed E-state index contributed by atoms with van der Waals surface area (Å²) in [5.41, 5.74) is 0.674. The van der Waals surface area contributed by atoms with Crippen LogP contribution in [0, 0.1) is 5.92 Å². The molecule has 0 atom stereocenters. The highest BCUT2D eigenvalue weighted by molar-refractivity contribution is 6.03. The Morgan fingerprint density at radius 3 is 2.60 bits per heavy atom. The highest BCUT2D eigenvalue weighted by Crippen LogP contribution is 2.30. The molecule has 0 bridgehead atoms. The summed E-state index contributed by atoms with van der Waals surface area (Å²) in [6.07, 6.45) is 2.15. The SMILES string of the molecule is CC(=O)c1ccc2ccccc2c1OCCCC(C)C. The predicted octanol–water partition coefficient (Wildman–Crippen LogP) is 4.86. The summed E-state index contributed by atoms with van der Waals surface area (Å²) < 4.78 is 5.94. The Labute approximate surface area is 120 Å². The van der Waals surface area contributed by atoms with Crippen molar-refractivity contribution in [2.45, 2.75) is 33.6 Å². The molecule has 106 valence electrons. The quantitative estimate of drug-likeness (QED) is 0.553. The van der Waals surface area contributed by atoms with Crippen molar-refractivity contribution in [1.29, 1.82) is 0 Å². The zero-order valence-corrected chi connectivity index (χ0v) is 12.5. The van der Waals surface area contributed by atoms with E-state index in [0.717, 1.165) is 29.4 Å². The number of ether oxygens (including phenoxy) is 1. The van der Waals surface area contributed by atoms with Crippen LogP contribution in [0.15, 0.2) is 36.4 Å². The zero-order valence-electron chi connectivity index (χ0n) is 12.5. The van der Waals surface area contributed by atoms with Crippen LogP contribution in [-0.4, -0.2) is 12.4 Å². The van der Waals surface area contributed by atoms with Gasteiger partial charge in [-0.1, -0.05) is 44.2 Å². The van der Waals surface area contributed by atoms with Gasteiger partial charge in [0.15, 0.2) is 5.78 Å². The van der Waals surface area contributed by atoms with Gasteiger partial charge in [-0.25, -0.2) is 0 Å². The summed E-state index contributed by atoms with van der Waals surface area (Å²) in [4.78, 5) is 11.8. The smallest absolute Gasteiger partial charge is 0.163 e. The molecule has 0 aliphatic heterocycles. The first-order chi connectivity index (χ1) is 9.59. The lowest BCUT2D eigenvalue weighted by Gasteiger charge is -2.13. The van der Waals surface area contributed by atoms with Crippen LogP contribution in [0.4, 0.5) is 0 Å². The van der Waals surface area contributed by atoms with Gasteiger partial charge in [-0.05, 0) is 37.1 Å². The first-order valence-electron chi connectivity index (χ1n) is 7.25. The molecule has 0 amide bonds. The van der Waals surface area contributed by atoms with Crippen molar-refractivity contribution in [1.82, 2.24) is 0 Å². The number of hydrogen-bond donors (Lipinski definition) is 0. The van der Waals surface area contributed by atoms with E-state index in [1.807, 2.05) is 36.4 Å². The molecule has 0 aliphatic carbocycles. The molecule has 20 heavy (non-hydrogen) atoms. The summed E-state index contributed by atoms with van der Waals surface area (Å²) in [6, 6.07) is 11.9. The molecule has 0 saturated carbocycles. The molecule has 2 heteroatoms. The van der Waals surface area contributed by atoms with Crippen LogP contribution in [0.3, 0.4) is 0 Å². The monoisotopic (exact) mass is 270 g/mol. The summed E-state index contributed by atoms with van der Waals surface area (Å²) >= 11 is 0. The molecule has 0 unspecified atom stereocenters. The molecular formula is C18H22O2. The molecule has 2 aromatic carbocycles. The van der Waals surface area contributed by atoms with E-state index >= 15 is 0 Å². The first kappa shape index (κ1) is 14.6. The Balaban J connectivity index is 2.28. The summed E-state index contributed by atoms with van der Waals surface area (Å²) in [5, 5.41) is 2.13.